The second kappa shape index (κ2) is 6.40. The van der Waals surface area contributed by atoms with Gasteiger partial charge in [-0.05, 0) is 0 Å². The minimum atomic E-state index is -0.00604. The number of methoxy groups -OCH3 is 1. The van der Waals surface area contributed by atoms with Crippen LogP contribution in [0.15, 0.2) is 0 Å². The van der Waals surface area contributed by atoms with E-state index >= 15 is 0 Å². The third kappa shape index (κ3) is 4.30. The SMILES string of the molecule is COc1nc(Cl)nc(NCC[Se]C#N)n1. The fourth-order valence-electron chi connectivity index (χ4n) is 0.762. The fourth-order valence-corrected chi connectivity index (χ4v) is 1.53. The zero-order valence-electron chi connectivity index (χ0n) is 7.90. The molecule has 0 aliphatic heterocycles. The molecule has 0 aliphatic carbocycles. The first-order valence-corrected chi connectivity index (χ1v) is 6.41. The molecule has 1 aromatic heterocycles. The third-order valence-corrected chi connectivity index (χ3v) is 2.62. The van der Waals surface area contributed by atoms with Crippen LogP contribution in [-0.2, 0) is 0 Å². The van der Waals surface area contributed by atoms with Gasteiger partial charge < -0.3 is 0 Å². The van der Waals surface area contributed by atoms with E-state index in [1.807, 2.05) is 0 Å². The van der Waals surface area contributed by atoms with E-state index in [1.165, 1.54) is 7.11 Å². The van der Waals surface area contributed by atoms with Crippen LogP contribution in [0.25, 0.3) is 0 Å². The molecule has 1 N–H and O–H groups in total. The van der Waals surface area contributed by atoms with Gasteiger partial charge in [0.2, 0.25) is 0 Å². The molecule has 0 aliphatic rings. The molecule has 0 unspecified atom stereocenters. The number of ether oxygens (including phenoxy) is 1. The molecular formula is C7H8ClN5OSe. The first-order valence-electron chi connectivity index (χ1n) is 3.96. The number of aromatic nitrogens is 3. The van der Waals surface area contributed by atoms with Gasteiger partial charge in [-0.15, -0.1) is 0 Å². The quantitative estimate of drug-likeness (QED) is 0.630. The van der Waals surface area contributed by atoms with Crippen molar-refractivity contribution in [3.8, 4) is 11.0 Å². The summed E-state index contributed by atoms with van der Waals surface area (Å²) >= 11 is 5.63. The summed E-state index contributed by atoms with van der Waals surface area (Å²) in [6, 6.07) is 0.170. The summed E-state index contributed by atoms with van der Waals surface area (Å²) < 4.78 is 4.83. The van der Waals surface area contributed by atoms with E-state index < -0.39 is 0 Å². The molecule has 0 aromatic carbocycles. The monoisotopic (exact) mass is 293 g/mol. The Bertz CT molecular complexity index is 369. The Hall–Kier alpha value is -1.09. The standard InChI is InChI=1S/C7H8ClN5OSe/c1-14-7-12-5(8)11-6(13-7)10-2-3-15-4-9/h2-3H2,1H3,(H,10,11,12,13). The molecule has 0 saturated carbocycles. The average Bonchev–Trinajstić information content (AvgIpc) is 2.23. The molecule has 0 spiro atoms. The Kier molecular flexibility index (Phi) is 5.12. The predicted molar refractivity (Wildman–Crippen MR) is 56.1 cm³/mol. The third-order valence-electron chi connectivity index (χ3n) is 1.32. The molecule has 6 nitrogen and oxygen atoms in total. The van der Waals surface area contributed by atoms with Crippen LogP contribution in [0.4, 0.5) is 5.95 Å². The number of rotatable bonds is 5. The number of nitrogens with one attached hydrogen (secondary N) is 1. The van der Waals surface area contributed by atoms with Crippen molar-refractivity contribution in [2.24, 2.45) is 0 Å². The topological polar surface area (TPSA) is 83.7 Å². The molecule has 1 rings (SSSR count). The number of nitrogens with zero attached hydrogens (tertiary/aromatic N) is 4. The molecule has 15 heavy (non-hydrogen) atoms. The zero-order chi connectivity index (χ0) is 11.1. The van der Waals surface area contributed by atoms with Gasteiger partial charge in [0.05, 0.1) is 0 Å². The first kappa shape index (κ1) is 12.0. The zero-order valence-corrected chi connectivity index (χ0v) is 10.4. The van der Waals surface area contributed by atoms with Crippen LogP contribution in [0.5, 0.6) is 6.01 Å². The van der Waals surface area contributed by atoms with Crippen LogP contribution in [0.1, 0.15) is 0 Å². The summed E-state index contributed by atoms with van der Waals surface area (Å²) in [6.45, 7) is 0.636. The maximum absolute atomic E-state index is 8.36. The summed E-state index contributed by atoms with van der Waals surface area (Å²) in [5.74, 6) is 0.362. The summed E-state index contributed by atoms with van der Waals surface area (Å²) in [7, 11) is 1.45. The van der Waals surface area contributed by atoms with Gasteiger partial charge in [-0.3, -0.25) is 0 Å². The van der Waals surface area contributed by atoms with Crippen LogP contribution in [0.2, 0.25) is 10.6 Å². The average molecular weight is 293 g/mol. The molecule has 0 fully saturated rings. The van der Waals surface area contributed by atoms with Crippen molar-refractivity contribution in [3.05, 3.63) is 5.28 Å². The molecule has 0 radical (unpaired) electrons. The van der Waals surface area contributed by atoms with Gasteiger partial charge in [0.15, 0.2) is 0 Å². The molecule has 8 heteroatoms. The van der Waals surface area contributed by atoms with Crippen molar-refractivity contribution < 1.29 is 4.74 Å². The molecule has 1 heterocycles. The molecule has 1 aromatic rings. The molecule has 80 valence electrons. The van der Waals surface area contributed by atoms with Crippen LogP contribution in [0, 0.1) is 10.2 Å². The molecular weight excluding hydrogens is 285 g/mol. The molecule has 0 amide bonds. The first-order chi connectivity index (χ1) is 7.26. The van der Waals surface area contributed by atoms with E-state index in [0.29, 0.717) is 12.5 Å². The van der Waals surface area contributed by atoms with Gasteiger partial charge >= 0.3 is 98.0 Å². The van der Waals surface area contributed by atoms with Gasteiger partial charge in [-0.1, -0.05) is 0 Å². The van der Waals surface area contributed by atoms with E-state index in [-0.39, 0.29) is 26.3 Å². The number of nitriles is 1. The van der Waals surface area contributed by atoms with Gasteiger partial charge in [-0.2, -0.15) is 0 Å². The Morgan fingerprint density at radius 2 is 2.33 bits per heavy atom. The molecule has 0 atom stereocenters. The molecule has 0 bridgehead atoms. The van der Waals surface area contributed by atoms with Crippen molar-refractivity contribution in [1.82, 2.24) is 15.0 Å². The van der Waals surface area contributed by atoms with Gasteiger partial charge in [0.25, 0.3) is 0 Å². The second-order valence-electron chi connectivity index (χ2n) is 2.28. The normalized spacial score (nSPS) is 9.40. The Balaban J connectivity index is 2.53. The number of hydrogen-bond acceptors (Lipinski definition) is 6. The van der Waals surface area contributed by atoms with Gasteiger partial charge in [0.1, 0.15) is 0 Å². The molecule has 0 saturated heterocycles. The van der Waals surface area contributed by atoms with Gasteiger partial charge in [0, 0.05) is 0 Å². The summed E-state index contributed by atoms with van der Waals surface area (Å²) in [5.41, 5.74) is 0. The summed E-state index contributed by atoms with van der Waals surface area (Å²) in [6.07, 6.45) is 0. The summed E-state index contributed by atoms with van der Waals surface area (Å²) in [4.78, 5) is 13.6. The summed E-state index contributed by atoms with van der Waals surface area (Å²) in [5, 5.41) is 12.2. The Morgan fingerprint density at radius 1 is 1.53 bits per heavy atom. The van der Waals surface area contributed by atoms with Crippen LogP contribution >= 0.6 is 11.6 Å². The fraction of sp³-hybridized carbons (Fsp3) is 0.429. The van der Waals surface area contributed by atoms with E-state index in [1.54, 1.807) is 0 Å². The number of halogens is 1. The van der Waals surface area contributed by atoms with E-state index in [0.717, 1.165) is 5.32 Å². The van der Waals surface area contributed by atoms with Crippen LogP contribution in [-0.4, -0.2) is 43.6 Å². The van der Waals surface area contributed by atoms with Gasteiger partial charge in [-0.25, -0.2) is 0 Å². The van der Waals surface area contributed by atoms with Crippen LogP contribution < -0.4 is 10.1 Å². The van der Waals surface area contributed by atoms with Crippen molar-refractivity contribution in [2.45, 2.75) is 5.32 Å². The van der Waals surface area contributed by atoms with Crippen molar-refractivity contribution in [2.75, 3.05) is 19.0 Å². The van der Waals surface area contributed by atoms with Crippen molar-refractivity contribution in [3.63, 3.8) is 0 Å². The number of anilines is 1. The van der Waals surface area contributed by atoms with Crippen molar-refractivity contribution >= 4 is 32.5 Å². The predicted octanol–water partition coefficient (Wildman–Crippen LogP) is 0.549. The maximum atomic E-state index is 8.36. The van der Waals surface area contributed by atoms with E-state index in [4.69, 9.17) is 21.6 Å². The Labute approximate surface area is 98.2 Å². The van der Waals surface area contributed by atoms with E-state index in [2.05, 4.69) is 25.2 Å². The van der Waals surface area contributed by atoms with Crippen molar-refractivity contribution in [1.29, 1.82) is 5.26 Å². The van der Waals surface area contributed by atoms with Crippen LogP contribution in [0.3, 0.4) is 0 Å². The second-order valence-corrected chi connectivity index (χ2v) is 4.46. The Morgan fingerprint density at radius 3 is 3.00 bits per heavy atom. The minimum absolute atomic E-state index is 0.00604. The van der Waals surface area contributed by atoms with E-state index in [9.17, 15) is 0 Å². The number of hydrogen-bond donors (Lipinski definition) is 1.